The number of rotatable bonds is 11. The maximum absolute atomic E-state index is 15.0. The number of hydrogen-bond acceptors (Lipinski definition) is 7. The first-order valence-electron chi connectivity index (χ1n) is 13.6. The first-order chi connectivity index (χ1) is 21.4. The summed E-state index contributed by atoms with van der Waals surface area (Å²) >= 11 is 0. The number of amides is 1. The monoisotopic (exact) mass is 626 g/mol. The summed E-state index contributed by atoms with van der Waals surface area (Å²) < 4.78 is 68.9. The van der Waals surface area contributed by atoms with Crippen molar-refractivity contribution in [3.63, 3.8) is 0 Å². The number of carbonyl (C=O) groups is 3. The van der Waals surface area contributed by atoms with Crippen LogP contribution in [0.15, 0.2) is 60.7 Å². The molecule has 0 unspecified atom stereocenters. The van der Waals surface area contributed by atoms with Gasteiger partial charge in [0.15, 0.2) is 6.29 Å². The van der Waals surface area contributed by atoms with E-state index in [1.807, 2.05) is 18.2 Å². The molecular formula is C33H30F4N2O6. The molecule has 12 heteroatoms. The Labute approximate surface area is 256 Å². The van der Waals surface area contributed by atoms with Crippen molar-refractivity contribution in [2.24, 2.45) is 0 Å². The number of aldehydes is 1. The molecule has 0 bridgehead atoms. The minimum Gasteiger partial charge on any atom is -0.496 e. The van der Waals surface area contributed by atoms with E-state index >= 15 is 0 Å². The number of hydrogen-bond donors (Lipinski definition) is 2. The number of carbonyl (C=O) groups excluding carboxylic acids is 3. The predicted octanol–water partition coefficient (Wildman–Crippen LogP) is 6.27. The van der Waals surface area contributed by atoms with Crippen LogP contribution in [0.4, 0.5) is 23.2 Å². The lowest BCUT2D eigenvalue weighted by molar-refractivity contribution is -0.142. The van der Waals surface area contributed by atoms with E-state index in [1.54, 1.807) is 30.3 Å². The third kappa shape index (κ3) is 7.17. The molecule has 0 heterocycles. The summed E-state index contributed by atoms with van der Waals surface area (Å²) in [6.45, 7) is -0.00499. The number of methoxy groups -OCH3 is 3. The second-order valence-electron chi connectivity index (χ2n) is 10.1. The Kier molecular flexibility index (Phi) is 9.95. The average molecular weight is 627 g/mol. The molecule has 0 aromatic heterocycles. The summed E-state index contributed by atoms with van der Waals surface area (Å²) in [5.74, 6) is -2.01. The highest BCUT2D eigenvalue weighted by Crippen LogP contribution is 2.43. The highest BCUT2D eigenvalue weighted by molar-refractivity contribution is 6.03. The van der Waals surface area contributed by atoms with E-state index in [1.165, 1.54) is 27.2 Å². The Morgan fingerprint density at radius 2 is 1.67 bits per heavy atom. The Morgan fingerprint density at radius 3 is 2.29 bits per heavy atom. The van der Waals surface area contributed by atoms with Crippen molar-refractivity contribution in [3.8, 4) is 22.6 Å². The van der Waals surface area contributed by atoms with Gasteiger partial charge in [0, 0.05) is 12.1 Å². The number of benzene rings is 4. The second-order valence-corrected chi connectivity index (χ2v) is 10.1. The molecule has 0 saturated heterocycles. The maximum atomic E-state index is 15.0. The molecule has 45 heavy (non-hydrogen) atoms. The summed E-state index contributed by atoms with van der Waals surface area (Å²) in [7, 11) is 4.09. The number of anilines is 1. The molecule has 0 aliphatic carbocycles. The van der Waals surface area contributed by atoms with Gasteiger partial charge >= 0.3 is 12.1 Å². The zero-order chi connectivity index (χ0) is 32.9. The van der Waals surface area contributed by atoms with Crippen LogP contribution in [0.3, 0.4) is 0 Å². The van der Waals surface area contributed by atoms with E-state index in [2.05, 4.69) is 10.6 Å². The van der Waals surface area contributed by atoms with Crippen molar-refractivity contribution < 1.29 is 46.2 Å². The third-order valence-electron chi connectivity index (χ3n) is 7.21. The van der Waals surface area contributed by atoms with Gasteiger partial charge in [-0.25, -0.2) is 9.18 Å². The van der Waals surface area contributed by atoms with Gasteiger partial charge in [-0.3, -0.25) is 9.59 Å². The summed E-state index contributed by atoms with van der Waals surface area (Å²) in [5, 5.41) is 6.04. The van der Waals surface area contributed by atoms with Gasteiger partial charge in [-0.05, 0) is 58.7 Å². The van der Waals surface area contributed by atoms with E-state index < -0.39 is 42.0 Å². The molecule has 0 radical (unpaired) electrons. The van der Waals surface area contributed by atoms with Gasteiger partial charge in [0.05, 0.1) is 38.0 Å². The molecule has 236 valence electrons. The van der Waals surface area contributed by atoms with Crippen LogP contribution in [0, 0.1) is 12.7 Å². The number of aryl methyl sites for hydroxylation is 1. The van der Waals surface area contributed by atoms with Crippen molar-refractivity contribution in [1.29, 1.82) is 0 Å². The highest BCUT2D eigenvalue weighted by atomic mass is 19.4. The zero-order valence-corrected chi connectivity index (χ0v) is 24.8. The Balaban J connectivity index is 1.71. The van der Waals surface area contributed by atoms with Gasteiger partial charge in [-0.15, -0.1) is 0 Å². The van der Waals surface area contributed by atoms with Gasteiger partial charge in [0.2, 0.25) is 0 Å². The van der Waals surface area contributed by atoms with Crippen molar-refractivity contribution in [2.75, 3.05) is 33.2 Å². The molecule has 0 aliphatic heterocycles. The second kappa shape index (κ2) is 13.7. The number of nitrogens with one attached hydrogen (secondary N) is 2. The number of fused-ring (bicyclic) bond motifs is 1. The quantitative estimate of drug-likeness (QED) is 0.115. The van der Waals surface area contributed by atoms with Crippen LogP contribution in [0.2, 0.25) is 0 Å². The van der Waals surface area contributed by atoms with Crippen LogP contribution < -0.4 is 20.1 Å². The van der Waals surface area contributed by atoms with E-state index in [4.69, 9.17) is 14.2 Å². The molecule has 2 N–H and O–H groups in total. The van der Waals surface area contributed by atoms with E-state index in [9.17, 15) is 31.9 Å². The SMILES string of the molecule is COC(=O)[C@H](Cc1cccc2c(-c3c(OC)ccc(C=O)c3OC)cccc12)NC(=O)c1c(C)cc(NCC(F)(F)F)cc1F. The molecule has 1 amide bonds. The van der Waals surface area contributed by atoms with E-state index in [0.29, 0.717) is 45.4 Å². The molecule has 0 saturated carbocycles. The first kappa shape index (κ1) is 32.8. The minimum absolute atomic E-state index is 0.0479. The van der Waals surface area contributed by atoms with E-state index in [-0.39, 0.29) is 17.7 Å². The van der Waals surface area contributed by atoms with Gasteiger partial charge in [-0.1, -0.05) is 36.4 Å². The van der Waals surface area contributed by atoms with Crippen LogP contribution in [0.5, 0.6) is 11.5 Å². The molecule has 0 fully saturated rings. The van der Waals surface area contributed by atoms with Gasteiger partial charge in [0.1, 0.15) is 29.9 Å². The molecule has 8 nitrogen and oxygen atoms in total. The maximum Gasteiger partial charge on any atom is 0.405 e. The largest absolute Gasteiger partial charge is 0.496 e. The van der Waals surface area contributed by atoms with Crippen molar-refractivity contribution in [1.82, 2.24) is 5.32 Å². The molecule has 4 rings (SSSR count). The van der Waals surface area contributed by atoms with Crippen LogP contribution in [-0.4, -0.2) is 58.3 Å². The predicted molar refractivity (Wildman–Crippen MR) is 161 cm³/mol. The average Bonchev–Trinajstić information content (AvgIpc) is 3.01. The summed E-state index contributed by atoms with van der Waals surface area (Å²) in [6.07, 6.45) is -3.89. The zero-order valence-electron chi connectivity index (χ0n) is 24.8. The molecule has 4 aromatic carbocycles. The molecular weight excluding hydrogens is 596 g/mol. The van der Waals surface area contributed by atoms with Crippen LogP contribution >= 0.6 is 0 Å². The number of esters is 1. The van der Waals surface area contributed by atoms with Crippen molar-refractivity contribution >= 4 is 34.6 Å². The number of ether oxygens (including phenoxy) is 3. The fourth-order valence-corrected chi connectivity index (χ4v) is 5.21. The molecule has 4 aromatic rings. The smallest absolute Gasteiger partial charge is 0.405 e. The summed E-state index contributed by atoms with van der Waals surface area (Å²) in [5.41, 5.74) is 1.68. The van der Waals surface area contributed by atoms with Gasteiger partial charge < -0.3 is 24.8 Å². The normalized spacial score (nSPS) is 11.9. The molecule has 1 atom stereocenters. The van der Waals surface area contributed by atoms with Gasteiger partial charge in [0.25, 0.3) is 5.91 Å². The summed E-state index contributed by atoms with van der Waals surface area (Å²) in [6, 6.07) is 14.8. The van der Waals surface area contributed by atoms with Crippen LogP contribution in [0.25, 0.3) is 21.9 Å². The number of halogens is 4. The van der Waals surface area contributed by atoms with Crippen LogP contribution in [-0.2, 0) is 16.0 Å². The topological polar surface area (TPSA) is 103 Å². The lowest BCUT2D eigenvalue weighted by Gasteiger charge is -2.20. The van der Waals surface area contributed by atoms with Crippen molar-refractivity contribution in [3.05, 3.63) is 88.7 Å². The third-order valence-corrected chi connectivity index (χ3v) is 7.21. The van der Waals surface area contributed by atoms with Crippen LogP contribution in [0.1, 0.15) is 31.8 Å². The standard InChI is InChI=1S/C33H30F4N2O6/c1-18-13-21(38-17-33(35,36)37)15-25(34)28(18)31(41)39-26(32(42)45-4)14-19-7-5-9-23-22(19)8-6-10-24(23)29-27(43-2)12-11-20(16-40)30(29)44-3/h5-13,15-16,26,38H,14,17H2,1-4H3,(H,39,41)/t26-/m0/s1. The Bertz CT molecular complexity index is 1730. The number of alkyl halides is 3. The minimum atomic E-state index is -4.52. The fourth-order valence-electron chi connectivity index (χ4n) is 5.21. The lowest BCUT2D eigenvalue weighted by atomic mass is 9.91. The first-order valence-corrected chi connectivity index (χ1v) is 13.6. The Hall–Kier alpha value is -5.13. The fraction of sp³-hybridized carbons (Fsp3) is 0.242. The lowest BCUT2D eigenvalue weighted by Crippen LogP contribution is -2.43. The molecule has 0 spiro atoms. The molecule has 0 aliphatic rings. The summed E-state index contributed by atoms with van der Waals surface area (Å²) in [4.78, 5) is 37.8. The van der Waals surface area contributed by atoms with Gasteiger partial charge in [-0.2, -0.15) is 13.2 Å². The Morgan fingerprint density at radius 1 is 0.956 bits per heavy atom. The highest BCUT2D eigenvalue weighted by Gasteiger charge is 2.29. The van der Waals surface area contributed by atoms with E-state index in [0.717, 1.165) is 18.6 Å². The van der Waals surface area contributed by atoms with Crippen molar-refractivity contribution in [2.45, 2.75) is 25.6 Å².